The Balaban J connectivity index is 1.83. The van der Waals surface area contributed by atoms with Crippen molar-refractivity contribution < 1.29 is 4.39 Å². The second-order valence-corrected chi connectivity index (χ2v) is 5.78. The molecule has 1 aliphatic rings. The molecule has 1 aliphatic carbocycles. The number of hydrogen-bond donors (Lipinski definition) is 1. The van der Waals surface area contributed by atoms with E-state index in [1.54, 1.807) is 12.1 Å². The fraction of sp³-hybridized carbons (Fsp3) is 0.588. The van der Waals surface area contributed by atoms with Crippen LogP contribution in [0.15, 0.2) is 18.2 Å². The minimum atomic E-state index is -0.373. The molecule has 0 bridgehead atoms. The third kappa shape index (κ3) is 3.80. The third-order valence-corrected chi connectivity index (χ3v) is 4.32. The van der Waals surface area contributed by atoms with Crippen LogP contribution >= 0.6 is 0 Å². The molecule has 0 unspecified atom stereocenters. The van der Waals surface area contributed by atoms with Crippen LogP contribution in [0.25, 0.3) is 0 Å². The highest BCUT2D eigenvalue weighted by Gasteiger charge is 2.20. The van der Waals surface area contributed by atoms with Gasteiger partial charge in [0.2, 0.25) is 0 Å². The minimum absolute atomic E-state index is 0.135. The van der Waals surface area contributed by atoms with Gasteiger partial charge in [0.15, 0.2) is 0 Å². The molecule has 0 radical (unpaired) electrons. The van der Waals surface area contributed by atoms with Crippen LogP contribution in [0.5, 0.6) is 0 Å². The summed E-state index contributed by atoms with van der Waals surface area (Å²) in [6, 6.07) is 7.41. The van der Waals surface area contributed by atoms with Crippen LogP contribution < -0.4 is 5.32 Å². The zero-order valence-corrected chi connectivity index (χ0v) is 12.2. The summed E-state index contributed by atoms with van der Waals surface area (Å²) in [5.74, 6) is 0.513. The van der Waals surface area contributed by atoms with Gasteiger partial charge in [0, 0.05) is 18.2 Å². The van der Waals surface area contributed by atoms with E-state index in [4.69, 9.17) is 5.26 Å². The molecule has 1 fully saturated rings. The number of nitriles is 1. The molecule has 1 aromatic carbocycles. The Labute approximate surface area is 121 Å². The first-order valence-corrected chi connectivity index (χ1v) is 7.65. The molecule has 1 aromatic rings. The number of rotatable bonds is 5. The Bertz CT molecular complexity index is 470. The van der Waals surface area contributed by atoms with Gasteiger partial charge in [-0.15, -0.1) is 0 Å². The molecular formula is C17H23FN2. The van der Waals surface area contributed by atoms with E-state index in [0.29, 0.717) is 18.2 Å². The Kier molecular flexibility index (Phi) is 5.55. The van der Waals surface area contributed by atoms with Gasteiger partial charge in [-0.05, 0) is 37.7 Å². The van der Waals surface area contributed by atoms with Crippen LogP contribution in [0.3, 0.4) is 0 Å². The van der Waals surface area contributed by atoms with Crippen LogP contribution in [-0.4, -0.2) is 6.04 Å². The van der Waals surface area contributed by atoms with E-state index in [-0.39, 0.29) is 11.4 Å². The summed E-state index contributed by atoms with van der Waals surface area (Å²) in [4.78, 5) is 0. The molecule has 0 aliphatic heterocycles. The second-order valence-electron chi connectivity index (χ2n) is 5.78. The van der Waals surface area contributed by atoms with Gasteiger partial charge in [-0.2, -0.15) is 5.26 Å². The van der Waals surface area contributed by atoms with Crippen molar-refractivity contribution in [3.63, 3.8) is 0 Å². The normalized spacial score (nSPS) is 22.4. The predicted molar refractivity (Wildman–Crippen MR) is 78.6 cm³/mol. The Hall–Kier alpha value is -1.40. The smallest absolute Gasteiger partial charge is 0.145 e. The zero-order valence-electron chi connectivity index (χ0n) is 12.2. The van der Waals surface area contributed by atoms with Crippen molar-refractivity contribution in [3.05, 3.63) is 35.1 Å². The van der Waals surface area contributed by atoms with E-state index in [2.05, 4.69) is 12.2 Å². The lowest BCUT2D eigenvalue weighted by Crippen LogP contribution is -2.33. The summed E-state index contributed by atoms with van der Waals surface area (Å²) in [6.07, 6.45) is 7.55. The maximum Gasteiger partial charge on any atom is 0.145 e. The van der Waals surface area contributed by atoms with E-state index in [1.807, 2.05) is 6.07 Å². The number of nitrogens with zero attached hydrogens (tertiary/aromatic N) is 1. The Morgan fingerprint density at radius 3 is 2.70 bits per heavy atom. The first kappa shape index (κ1) is 15.0. The average Bonchev–Trinajstić information content (AvgIpc) is 2.48. The Morgan fingerprint density at radius 1 is 1.30 bits per heavy atom. The first-order chi connectivity index (χ1) is 9.74. The summed E-state index contributed by atoms with van der Waals surface area (Å²) in [7, 11) is 0. The molecule has 1 N–H and O–H groups in total. The lowest BCUT2D eigenvalue weighted by molar-refractivity contribution is 0.277. The van der Waals surface area contributed by atoms with Crippen LogP contribution in [0, 0.1) is 23.1 Å². The maximum atomic E-state index is 13.9. The highest BCUT2D eigenvalue weighted by Crippen LogP contribution is 2.28. The summed E-state index contributed by atoms with van der Waals surface area (Å²) in [5, 5.41) is 12.3. The van der Waals surface area contributed by atoms with E-state index in [1.165, 1.54) is 44.6 Å². The predicted octanol–water partition coefficient (Wildman–Crippen LogP) is 4.15. The molecule has 108 valence electrons. The van der Waals surface area contributed by atoms with Crippen molar-refractivity contribution in [1.29, 1.82) is 5.26 Å². The summed E-state index contributed by atoms with van der Waals surface area (Å²) < 4.78 is 13.9. The van der Waals surface area contributed by atoms with Crippen molar-refractivity contribution in [1.82, 2.24) is 5.32 Å². The molecule has 0 amide bonds. The minimum Gasteiger partial charge on any atom is -0.310 e. The van der Waals surface area contributed by atoms with E-state index >= 15 is 0 Å². The molecular weight excluding hydrogens is 251 g/mol. The lowest BCUT2D eigenvalue weighted by Gasteiger charge is -2.29. The molecule has 1 saturated carbocycles. The topological polar surface area (TPSA) is 35.8 Å². The number of hydrogen-bond acceptors (Lipinski definition) is 2. The molecule has 0 saturated heterocycles. The average molecular weight is 274 g/mol. The van der Waals surface area contributed by atoms with Crippen molar-refractivity contribution in [2.75, 3.05) is 0 Å². The van der Waals surface area contributed by atoms with Gasteiger partial charge >= 0.3 is 0 Å². The van der Waals surface area contributed by atoms with Crippen molar-refractivity contribution in [3.8, 4) is 6.07 Å². The first-order valence-electron chi connectivity index (χ1n) is 7.65. The molecule has 3 heteroatoms. The SMILES string of the molecule is CCCC1CCC(NCc2cccc(C#N)c2F)CC1. The van der Waals surface area contributed by atoms with E-state index < -0.39 is 0 Å². The van der Waals surface area contributed by atoms with Gasteiger partial charge in [-0.1, -0.05) is 31.9 Å². The highest BCUT2D eigenvalue weighted by molar-refractivity contribution is 5.34. The van der Waals surface area contributed by atoms with Crippen molar-refractivity contribution >= 4 is 0 Å². The summed E-state index contributed by atoms with van der Waals surface area (Å²) in [5.41, 5.74) is 0.732. The zero-order chi connectivity index (χ0) is 14.4. The largest absolute Gasteiger partial charge is 0.310 e. The van der Waals surface area contributed by atoms with Crippen LogP contribution in [-0.2, 0) is 6.54 Å². The molecule has 0 heterocycles. The number of benzene rings is 1. The Morgan fingerprint density at radius 2 is 2.05 bits per heavy atom. The quantitative estimate of drug-likeness (QED) is 0.875. The van der Waals surface area contributed by atoms with Gasteiger partial charge in [-0.3, -0.25) is 0 Å². The lowest BCUT2D eigenvalue weighted by atomic mass is 9.83. The summed E-state index contributed by atoms with van der Waals surface area (Å²) >= 11 is 0. The summed E-state index contributed by atoms with van der Waals surface area (Å²) in [6.45, 7) is 2.76. The van der Waals surface area contributed by atoms with Crippen LogP contribution in [0.1, 0.15) is 56.6 Å². The van der Waals surface area contributed by atoms with E-state index in [0.717, 1.165) is 5.92 Å². The molecule has 0 atom stereocenters. The number of halogens is 1. The standard InChI is InChI=1S/C17H23FN2/c1-2-4-13-7-9-16(10-8-13)20-12-15-6-3-5-14(11-19)17(15)18/h3,5-6,13,16,20H,2,4,7-10,12H2,1H3. The van der Waals surface area contributed by atoms with Crippen molar-refractivity contribution in [2.24, 2.45) is 5.92 Å². The van der Waals surface area contributed by atoms with Crippen molar-refractivity contribution in [2.45, 2.75) is 58.0 Å². The third-order valence-electron chi connectivity index (χ3n) is 4.32. The monoisotopic (exact) mass is 274 g/mol. The van der Waals surface area contributed by atoms with Crippen LogP contribution in [0.2, 0.25) is 0 Å². The highest BCUT2D eigenvalue weighted by atomic mass is 19.1. The van der Waals surface area contributed by atoms with Gasteiger partial charge in [0.25, 0.3) is 0 Å². The van der Waals surface area contributed by atoms with Gasteiger partial charge in [0.05, 0.1) is 5.56 Å². The van der Waals surface area contributed by atoms with Gasteiger partial charge in [-0.25, -0.2) is 4.39 Å². The molecule has 20 heavy (non-hydrogen) atoms. The molecule has 2 nitrogen and oxygen atoms in total. The second kappa shape index (κ2) is 7.40. The molecule has 0 aromatic heterocycles. The van der Waals surface area contributed by atoms with E-state index in [9.17, 15) is 4.39 Å². The fourth-order valence-corrected chi connectivity index (χ4v) is 3.12. The molecule has 0 spiro atoms. The fourth-order valence-electron chi connectivity index (χ4n) is 3.12. The van der Waals surface area contributed by atoms with Gasteiger partial charge < -0.3 is 5.32 Å². The maximum absolute atomic E-state index is 13.9. The van der Waals surface area contributed by atoms with Gasteiger partial charge in [0.1, 0.15) is 11.9 Å². The van der Waals surface area contributed by atoms with Crippen LogP contribution in [0.4, 0.5) is 4.39 Å². The number of nitrogens with one attached hydrogen (secondary N) is 1. The molecule has 2 rings (SSSR count).